The minimum Gasteiger partial charge on any atom is -0.493 e. The number of ether oxygens (including phenoxy) is 2. The fraction of sp³-hybridized carbons (Fsp3) is 0.125. The summed E-state index contributed by atoms with van der Waals surface area (Å²) in [5.41, 5.74) is 2.64. The average Bonchev–Trinajstić information content (AvgIpc) is 2.61. The molecule has 0 saturated heterocycles. The third-order valence-electron chi connectivity index (χ3n) is 3.24. The first-order valence-corrected chi connectivity index (χ1v) is 8.23. The van der Waals surface area contributed by atoms with Crippen molar-refractivity contribution in [2.75, 3.05) is 14.2 Å². The first-order valence-electron chi connectivity index (χ1n) is 7.06. The van der Waals surface area contributed by atoms with Gasteiger partial charge in [0.25, 0.3) is 11.6 Å². The molecule has 0 heterocycles. The molecule has 0 saturated carbocycles. The average molecular weight is 443 g/mol. The predicted molar refractivity (Wildman–Crippen MR) is 100 cm³/mol. The molecule has 1 amide bonds. The summed E-state index contributed by atoms with van der Waals surface area (Å²) in [7, 11) is 3.02. The Kier molecular flexibility index (Phi) is 6.53. The highest BCUT2D eigenvalue weighted by molar-refractivity contribution is 9.10. The third kappa shape index (κ3) is 4.50. The first kappa shape index (κ1) is 19.7. The topological polar surface area (TPSA) is 103 Å². The molecule has 0 radical (unpaired) electrons. The Balaban J connectivity index is 2.16. The van der Waals surface area contributed by atoms with E-state index in [1.807, 2.05) is 0 Å². The smallest absolute Gasteiger partial charge is 0.288 e. The molecule has 10 heteroatoms. The number of methoxy groups -OCH3 is 2. The number of nitro groups is 1. The molecule has 136 valence electrons. The maximum Gasteiger partial charge on any atom is 0.288 e. The Hall–Kier alpha value is -2.65. The molecule has 2 aromatic rings. The molecular weight excluding hydrogens is 430 g/mol. The van der Waals surface area contributed by atoms with Crippen LogP contribution >= 0.6 is 27.5 Å². The molecule has 2 rings (SSSR count). The van der Waals surface area contributed by atoms with Gasteiger partial charge in [-0.2, -0.15) is 5.10 Å². The summed E-state index contributed by atoms with van der Waals surface area (Å²) in [5, 5.41) is 14.7. The molecule has 0 bridgehead atoms. The highest BCUT2D eigenvalue weighted by Crippen LogP contribution is 2.35. The normalized spacial score (nSPS) is 10.6. The van der Waals surface area contributed by atoms with E-state index in [1.54, 1.807) is 12.1 Å². The summed E-state index contributed by atoms with van der Waals surface area (Å²) in [5.74, 6) is 0.408. The second-order valence-electron chi connectivity index (χ2n) is 4.86. The van der Waals surface area contributed by atoms with Crippen LogP contribution in [0.15, 0.2) is 39.9 Å². The lowest BCUT2D eigenvalue weighted by Crippen LogP contribution is -2.17. The highest BCUT2D eigenvalue weighted by atomic mass is 79.9. The lowest BCUT2D eigenvalue weighted by molar-refractivity contribution is -0.384. The fourth-order valence-electron chi connectivity index (χ4n) is 2.04. The molecule has 2 aromatic carbocycles. The Labute approximate surface area is 162 Å². The summed E-state index contributed by atoms with van der Waals surface area (Å²) in [6, 6.07) is 7.13. The number of carbonyl (C=O) groups is 1. The Morgan fingerprint density at radius 2 is 2.04 bits per heavy atom. The van der Waals surface area contributed by atoms with Gasteiger partial charge in [-0.3, -0.25) is 14.9 Å². The highest BCUT2D eigenvalue weighted by Gasteiger charge is 2.16. The van der Waals surface area contributed by atoms with Crippen LogP contribution in [0.2, 0.25) is 5.02 Å². The number of halogens is 2. The van der Waals surface area contributed by atoms with Gasteiger partial charge in [0.1, 0.15) is 5.02 Å². The first-order chi connectivity index (χ1) is 12.4. The van der Waals surface area contributed by atoms with Crippen molar-refractivity contribution in [1.29, 1.82) is 0 Å². The molecule has 1 N–H and O–H groups in total. The van der Waals surface area contributed by atoms with Crippen molar-refractivity contribution >= 4 is 45.3 Å². The van der Waals surface area contributed by atoms with Crippen molar-refractivity contribution in [2.45, 2.75) is 0 Å². The molecule has 26 heavy (non-hydrogen) atoms. The summed E-state index contributed by atoms with van der Waals surface area (Å²) < 4.78 is 11.1. The lowest BCUT2D eigenvalue weighted by Gasteiger charge is -2.10. The third-order valence-corrected chi connectivity index (χ3v) is 4.15. The van der Waals surface area contributed by atoms with Gasteiger partial charge >= 0.3 is 0 Å². The van der Waals surface area contributed by atoms with Gasteiger partial charge in [0.2, 0.25) is 0 Å². The van der Waals surface area contributed by atoms with E-state index >= 15 is 0 Å². The number of hydrogen-bond acceptors (Lipinski definition) is 6. The summed E-state index contributed by atoms with van der Waals surface area (Å²) in [4.78, 5) is 22.3. The fourth-order valence-corrected chi connectivity index (χ4v) is 2.84. The Morgan fingerprint density at radius 1 is 1.31 bits per heavy atom. The predicted octanol–water partition coefficient (Wildman–Crippen LogP) is 3.79. The minimum atomic E-state index is -0.663. The zero-order chi connectivity index (χ0) is 19.3. The van der Waals surface area contributed by atoms with Crippen LogP contribution in [-0.2, 0) is 0 Å². The van der Waals surface area contributed by atoms with Crippen LogP contribution < -0.4 is 14.9 Å². The number of hydrazone groups is 1. The van der Waals surface area contributed by atoms with Gasteiger partial charge in [-0.15, -0.1) is 0 Å². The van der Waals surface area contributed by atoms with Gasteiger partial charge in [-0.1, -0.05) is 11.6 Å². The van der Waals surface area contributed by atoms with Gasteiger partial charge in [0, 0.05) is 11.6 Å². The molecule has 0 aromatic heterocycles. The number of rotatable bonds is 6. The minimum absolute atomic E-state index is 0.0507. The van der Waals surface area contributed by atoms with E-state index in [2.05, 4.69) is 26.5 Å². The molecule has 0 aliphatic rings. The Bertz CT molecular complexity index is 888. The molecule has 0 fully saturated rings. The van der Waals surface area contributed by atoms with E-state index in [0.29, 0.717) is 21.5 Å². The van der Waals surface area contributed by atoms with Crippen LogP contribution in [0.3, 0.4) is 0 Å². The second-order valence-corrected chi connectivity index (χ2v) is 6.12. The summed E-state index contributed by atoms with van der Waals surface area (Å²) in [6.07, 6.45) is 1.40. The van der Waals surface area contributed by atoms with Crippen LogP contribution in [0.25, 0.3) is 0 Å². The molecule has 0 atom stereocenters. The number of amides is 1. The van der Waals surface area contributed by atoms with Crippen LogP contribution in [0.4, 0.5) is 5.69 Å². The second kappa shape index (κ2) is 8.63. The molecule has 0 aliphatic heterocycles. The van der Waals surface area contributed by atoms with Gasteiger partial charge < -0.3 is 9.47 Å². The number of hydrogen-bond donors (Lipinski definition) is 1. The number of nitrogens with zero attached hydrogens (tertiary/aromatic N) is 2. The van der Waals surface area contributed by atoms with Crippen molar-refractivity contribution in [1.82, 2.24) is 5.43 Å². The van der Waals surface area contributed by atoms with E-state index < -0.39 is 10.8 Å². The molecule has 8 nitrogen and oxygen atoms in total. The largest absolute Gasteiger partial charge is 0.493 e. The number of benzene rings is 2. The van der Waals surface area contributed by atoms with Crippen molar-refractivity contribution < 1.29 is 19.2 Å². The SMILES string of the molecule is COc1cc(/C=N\NC(=O)c2ccc(Cl)c([N+](=O)[O-])c2)cc(Br)c1OC. The quantitative estimate of drug-likeness (QED) is 0.416. The lowest BCUT2D eigenvalue weighted by atomic mass is 10.2. The van der Waals surface area contributed by atoms with Crippen molar-refractivity contribution in [3.63, 3.8) is 0 Å². The standard InChI is InChI=1S/C16H13BrClN3O5/c1-25-14-6-9(5-11(17)15(14)26-2)8-19-20-16(22)10-3-4-12(18)13(7-10)21(23)24/h3-8H,1-2H3,(H,20,22)/b19-8-. The van der Waals surface area contributed by atoms with Crippen LogP contribution in [0, 0.1) is 10.1 Å². The van der Waals surface area contributed by atoms with E-state index in [1.165, 1.54) is 32.6 Å². The number of nitrogens with one attached hydrogen (secondary N) is 1. The molecular formula is C16H13BrClN3O5. The zero-order valence-electron chi connectivity index (χ0n) is 13.7. The van der Waals surface area contributed by atoms with E-state index in [4.69, 9.17) is 21.1 Å². The molecule has 0 unspecified atom stereocenters. The van der Waals surface area contributed by atoms with Crippen LogP contribution in [0.5, 0.6) is 11.5 Å². The zero-order valence-corrected chi connectivity index (χ0v) is 16.0. The van der Waals surface area contributed by atoms with E-state index in [-0.39, 0.29) is 16.3 Å². The molecule has 0 aliphatic carbocycles. The van der Waals surface area contributed by atoms with Gasteiger partial charge in [-0.25, -0.2) is 5.43 Å². The van der Waals surface area contributed by atoms with Crippen LogP contribution in [-0.4, -0.2) is 31.3 Å². The van der Waals surface area contributed by atoms with E-state index in [0.717, 1.165) is 6.07 Å². The van der Waals surface area contributed by atoms with Gasteiger partial charge in [0.15, 0.2) is 11.5 Å². The van der Waals surface area contributed by atoms with Crippen LogP contribution in [0.1, 0.15) is 15.9 Å². The molecule has 0 spiro atoms. The van der Waals surface area contributed by atoms with Crippen molar-refractivity contribution in [2.24, 2.45) is 5.10 Å². The Morgan fingerprint density at radius 3 is 2.65 bits per heavy atom. The van der Waals surface area contributed by atoms with Gasteiger partial charge in [-0.05, 0) is 45.8 Å². The maximum absolute atomic E-state index is 12.1. The van der Waals surface area contributed by atoms with Crippen molar-refractivity contribution in [3.8, 4) is 11.5 Å². The number of carbonyl (C=O) groups excluding carboxylic acids is 1. The van der Waals surface area contributed by atoms with Crippen molar-refractivity contribution in [3.05, 3.63) is 61.1 Å². The summed E-state index contributed by atoms with van der Waals surface area (Å²) >= 11 is 9.07. The van der Waals surface area contributed by atoms with Gasteiger partial charge in [0.05, 0.1) is 29.8 Å². The summed E-state index contributed by atoms with van der Waals surface area (Å²) in [6.45, 7) is 0. The maximum atomic E-state index is 12.1. The number of nitro benzene ring substituents is 1. The van der Waals surface area contributed by atoms with E-state index in [9.17, 15) is 14.9 Å². The monoisotopic (exact) mass is 441 g/mol.